The van der Waals surface area contributed by atoms with Crippen molar-refractivity contribution in [1.82, 2.24) is 4.72 Å². The number of hydrogen-bond acceptors (Lipinski definition) is 3. The Hall–Kier alpha value is -1.17. The standard InChI is InChI=1S/C11H15NO3S/c1-2-8-16(14,15)12-11(9-13)10-6-4-3-5-7-10/h2-7,11-13H,1,8-9H2. The first-order valence-electron chi connectivity index (χ1n) is 4.86. The van der Waals surface area contributed by atoms with Crippen molar-refractivity contribution in [1.29, 1.82) is 0 Å². The molecule has 4 nitrogen and oxygen atoms in total. The van der Waals surface area contributed by atoms with Gasteiger partial charge in [-0.2, -0.15) is 0 Å². The summed E-state index contributed by atoms with van der Waals surface area (Å²) in [4.78, 5) is 0. The molecule has 0 bridgehead atoms. The number of aliphatic hydroxyl groups is 1. The Kier molecular flexibility index (Phi) is 4.67. The summed E-state index contributed by atoms with van der Waals surface area (Å²) >= 11 is 0. The van der Waals surface area contributed by atoms with E-state index in [2.05, 4.69) is 11.3 Å². The van der Waals surface area contributed by atoms with Crippen molar-refractivity contribution < 1.29 is 13.5 Å². The molecule has 0 heterocycles. The monoisotopic (exact) mass is 241 g/mol. The van der Waals surface area contributed by atoms with E-state index in [1.165, 1.54) is 6.08 Å². The summed E-state index contributed by atoms with van der Waals surface area (Å²) in [6.45, 7) is 3.09. The molecular formula is C11H15NO3S. The van der Waals surface area contributed by atoms with Crippen molar-refractivity contribution in [2.24, 2.45) is 0 Å². The molecule has 5 heteroatoms. The molecule has 0 aliphatic heterocycles. The number of aliphatic hydroxyl groups excluding tert-OH is 1. The highest BCUT2D eigenvalue weighted by Crippen LogP contribution is 2.12. The molecular weight excluding hydrogens is 226 g/mol. The summed E-state index contributed by atoms with van der Waals surface area (Å²) in [6, 6.07) is 8.33. The van der Waals surface area contributed by atoms with Crippen LogP contribution >= 0.6 is 0 Å². The van der Waals surface area contributed by atoms with Gasteiger partial charge in [-0.1, -0.05) is 36.4 Å². The Morgan fingerprint density at radius 1 is 1.38 bits per heavy atom. The summed E-state index contributed by atoms with van der Waals surface area (Å²) < 4.78 is 25.4. The third-order valence-electron chi connectivity index (χ3n) is 2.04. The minimum atomic E-state index is -3.42. The van der Waals surface area contributed by atoms with Crippen LogP contribution in [0.3, 0.4) is 0 Å². The predicted molar refractivity (Wildman–Crippen MR) is 63.4 cm³/mol. The molecule has 0 saturated heterocycles. The maximum Gasteiger partial charge on any atom is 0.215 e. The van der Waals surface area contributed by atoms with E-state index in [0.29, 0.717) is 0 Å². The van der Waals surface area contributed by atoms with Crippen LogP contribution in [0.2, 0.25) is 0 Å². The molecule has 1 aromatic rings. The van der Waals surface area contributed by atoms with Crippen LogP contribution in [0.1, 0.15) is 11.6 Å². The fourth-order valence-corrected chi connectivity index (χ4v) is 2.37. The van der Waals surface area contributed by atoms with Crippen molar-refractivity contribution in [3.63, 3.8) is 0 Å². The summed E-state index contributed by atoms with van der Waals surface area (Å²) in [7, 11) is -3.42. The lowest BCUT2D eigenvalue weighted by molar-refractivity contribution is 0.259. The first-order valence-corrected chi connectivity index (χ1v) is 6.51. The molecule has 0 aromatic heterocycles. The van der Waals surface area contributed by atoms with Crippen LogP contribution in [-0.4, -0.2) is 25.9 Å². The number of sulfonamides is 1. The van der Waals surface area contributed by atoms with Crippen molar-refractivity contribution in [3.05, 3.63) is 48.6 Å². The maximum atomic E-state index is 11.5. The van der Waals surface area contributed by atoms with Gasteiger partial charge in [0.2, 0.25) is 10.0 Å². The molecule has 0 saturated carbocycles. The lowest BCUT2D eigenvalue weighted by Crippen LogP contribution is -2.32. The average Bonchev–Trinajstić information content (AvgIpc) is 2.27. The second-order valence-electron chi connectivity index (χ2n) is 3.33. The van der Waals surface area contributed by atoms with Gasteiger partial charge in [0.25, 0.3) is 0 Å². The maximum absolute atomic E-state index is 11.5. The van der Waals surface area contributed by atoms with Gasteiger partial charge in [0.1, 0.15) is 0 Å². The summed E-state index contributed by atoms with van der Waals surface area (Å²) in [5, 5.41) is 9.16. The number of rotatable bonds is 6. The van der Waals surface area contributed by atoms with Gasteiger partial charge >= 0.3 is 0 Å². The second-order valence-corrected chi connectivity index (χ2v) is 5.13. The van der Waals surface area contributed by atoms with Crippen molar-refractivity contribution in [3.8, 4) is 0 Å². The van der Waals surface area contributed by atoms with Crippen molar-refractivity contribution >= 4 is 10.0 Å². The predicted octanol–water partition coefficient (Wildman–Crippen LogP) is 0.825. The van der Waals surface area contributed by atoms with Crippen molar-refractivity contribution in [2.45, 2.75) is 6.04 Å². The first kappa shape index (κ1) is 12.9. The van der Waals surface area contributed by atoms with E-state index in [4.69, 9.17) is 5.11 Å². The topological polar surface area (TPSA) is 66.4 Å². The minimum Gasteiger partial charge on any atom is -0.394 e. The Morgan fingerprint density at radius 2 is 2.00 bits per heavy atom. The van der Waals surface area contributed by atoms with Gasteiger partial charge in [-0.05, 0) is 5.56 Å². The molecule has 16 heavy (non-hydrogen) atoms. The van der Waals surface area contributed by atoms with E-state index in [-0.39, 0.29) is 12.4 Å². The fraction of sp³-hybridized carbons (Fsp3) is 0.273. The van der Waals surface area contributed by atoms with Gasteiger partial charge in [-0.3, -0.25) is 0 Å². The van der Waals surface area contributed by atoms with Crippen LogP contribution in [0.25, 0.3) is 0 Å². The molecule has 88 valence electrons. The molecule has 0 aliphatic rings. The van der Waals surface area contributed by atoms with Crippen LogP contribution in [0.5, 0.6) is 0 Å². The van der Waals surface area contributed by atoms with Gasteiger partial charge in [0, 0.05) is 0 Å². The molecule has 2 N–H and O–H groups in total. The molecule has 1 atom stereocenters. The van der Waals surface area contributed by atoms with Crippen LogP contribution in [0, 0.1) is 0 Å². The van der Waals surface area contributed by atoms with E-state index in [1.807, 2.05) is 6.07 Å². The van der Waals surface area contributed by atoms with Crippen LogP contribution in [-0.2, 0) is 10.0 Å². The van der Waals surface area contributed by atoms with Gasteiger partial charge < -0.3 is 5.11 Å². The van der Waals surface area contributed by atoms with Crippen LogP contribution < -0.4 is 4.72 Å². The Balaban J connectivity index is 2.81. The highest BCUT2D eigenvalue weighted by molar-refractivity contribution is 7.89. The van der Waals surface area contributed by atoms with Gasteiger partial charge in [0.15, 0.2) is 0 Å². The van der Waals surface area contributed by atoms with Gasteiger partial charge in [0.05, 0.1) is 18.4 Å². The Morgan fingerprint density at radius 3 is 2.50 bits per heavy atom. The lowest BCUT2D eigenvalue weighted by atomic mass is 10.1. The van der Waals surface area contributed by atoms with Crippen LogP contribution in [0.4, 0.5) is 0 Å². The smallest absolute Gasteiger partial charge is 0.215 e. The summed E-state index contributed by atoms with van der Waals surface area (Å²) in [5.74, 6) is -0.156. The highest BCUT2D eigenvalue weighted by atomic mass is 32.2. The average molecular weight is 241 g/mol. The Labute approximate surface area is 95.7 Å². The second kappa shape index (κ2) is 5.79. The molecule has 1 rings (SSSR count). The highest BCUT2D eigenvalue weighted by Gasteiger charge is 2.17. The first-order chi connectivity index (χ1) is 7.59. The zero-order valence-corrected chi connectivity index (χ0v) is 9.65. The normalized spacial score (nSPS) is 13.3. The van der Waals surface area contributed by atoms with Gasteiger partial charge in [-0.25, -0.2) is 13.1 Å². The van der Waals surface area contributed by atoms with E-state index >= 15 is 0 Å². The largest absolute Gasteiger partial charge is 0.394 e. The molecule has 0 aliphatic carbocycles. The summed E-state index contributed by atoms with van der Waals surface area (Å²) in [5.41, 5.74) is 0.734. The van der Waals surface area contributed by atoms with E-state index in [9.17, 15) is 8.42 Å². The zero-order valence-electron chi connectivity index (χ0n) is 8.83. The molecule has 0 radical (unpaired) electrons. The minimum absolute atomic E-state index is 0.156. The Bertz CT molecular complexity index is 428. The number of hydrogen-bond donors (Lipinski definition) is 2. The van der Waals surface area contributed by atoms with E-state index in [1.54, 1.807) is 24.3 Å². The van der Waals surface area contributed by atoms with Crippen LogP contribution in [0.15, 0.2) is 43.0 Å². The molecule has 1 aromatic carbocycles. The summed E-state index contributed by atoms with van der Waals surface area (Å²) in [6.07, 6.45) is 1.31. The lowest BCUT2D eigenvalue weighted by Gasteiger charge is -2.15. The zero-order chi connectivity index (χ0) is 12.0. The van der Waals surface area contributed by atoms with Gasteiger partial charge in [-0.15, -0.1) is 6.58 Å². The molecule has 1 unspecified atom stereocenters. The molecule has 0 amide bonds. The third kappa shape index (κ3) is 3.77. The van der Waals surface area contributed by atoms with E-state index < -0.39 is 16.1 Å². The SMILES string of the molecule is C=CCS(=O)(=O)NC(CO)c1ccccc1. The number of benzene rings is 1. The number of nitrogens with one attached hydrogen (secondary N) is 1. The molecule has 0 spiro atoms. The quantitative estimate of drug-likeness (QED) is 0.725. The molecule has 0 fully saturated rings. The third-order valence-corrected chi connectivity index (χ3v) is 3.36. The van der Waals surface area contributed by atoms with Crippen molar-refractivity contribution in [2.75, 3.05) is 12.4 Å². The van der Waals surface area contributed by atoms with E-state index in [0.717, 1.165) is 5.56 Å². The fourth-order valence-electron chi connectivity index (χ4n) is 1.32.